The van der Waals surface area contributed by atoms with Gasteiger partial charge < -0.3 is 14.2 Å². The Morgan fingerprint density at radius 2 is 1.64 bits per heavy atom. The third-order valence-electron chi connectivity index (χ3n) is 7.87. The van der Waals surface area contributed by atoms with Crippen LogP contribution >= 0.6 is 0 Å². The molecule has 4 aromatic rings. The van der Waals surface area contributed by atoms with Gasteiger partial charge in [-0.15, -0.1) is 0 Å². The topological polar surface area (TPSA) is 106 Å². The summed E-state index contributed by atoms with van der Waals surface area (Å²) in [7, 11) is -1.63. The normalized spacial score (nSPS) is 16.0. The molecule has 0 atom stereocenters. The van der Waals surface area contributed by atoms with Crippen molar-refractivity contribution >= 4 is 38.5 Å². The summed E-state index contributed by atoms with van der Waals surface area (Å²) in [6.45, 7) is 4.21. The van der Waals surface area contributed by atoms with E-state index in [1.54, 1.807) is 31.2 Å². The van der Waals surface area contributed by atoms with Crippen LogP contribution in [0.3, 0.4) is 0 Å². The number of nitrogens with zero attached hydrogens (tertiary/aromatic N) is 5. The fourth-order valence-corrected chi connectivity index (χ4v) is 7.26. The Morgan fingerprint density at radius 1 is 0.977 bits per heavy atom. The highest BCUT2D eigenvalue weighted by atomic mass is 32.2. The molecule has 14 heteroatoms. The molecule has 0 N–H and O–H groups in total. The van der Waals surface area contributed by atoms with Gasteiger partial charge in [0.05, 0.1) is 50.3 Å². The molecular formula is C30H31F2N5O6S. The molecule has 0 bridgehead atoms. The molecule has 0 saturated carbocycles. The van der Waals surface area contributed by atoms with Gasteiger partial charge in [-0.1, -0.05) is 18.2 Å². The van der Waals surface area contributed by atoms with Crippen LogP contribution in [0.15, 0.2) is 53.6 Å². The second kappa shape index (κ2) is 11.7. The number of hydrogen-bond donors (Lipinski definition) is 0. The Kier molecular flexibility index (Phi) is 7.90. The lowest BCUT2D eigenvalue weighted by molar-refractivity contribution is 0.0336. The number of urea groups is 1. The number of methoxy groups -OCH3 is 2. The molecule has 6 rings (SSSR count). The number of carbonyl (C=O) groups is 1. The number of amides is 2. The van der Waals surface area contributed by atoms with Crippen LogP contribution in [0.4, 0.5) is 25.0 Å². The lowest BCUT2D eigenvalue weighted by Gasteiger charge is -2.37. The molecule has 2 aliphatic rings. The number of fused-ring (bicyclic) bond motifs is 3. The first-order valence-corrected chi connectivity index (χ1v) is 15.5. The molecular weight excluding hydrogens is 596 g/mol. The predicted molar refractivity (Wildman–Crippen MR) is 159 cm³/mol. The van der Waals surface area contributed by atoms with Gasteiger partial charge in [0, 0.05) is 49.4 Å². The van der Waals surface area contributed by atoms with E-state index in [2.05, 4.69) is 9.88 Å². The molecule has 232 valence electrons. The van der Waals surface area contributed by atoms with Crippen LogP contribution in [-0.4, -0.2) is 75.4 Å². The molecule has 44 heavy (non-hydrogen) atoms. The first-order valence-electron chi connectivity index (χ1n) is 14.0. The van der Waals surface area contributed by atoms with Gasteiger partial charge in [-0.25, -0.2) is 30.9 Å². The van der Waals surface area contributed by atoms with E-state index in [4.69, 9.17) is 14.2 Å². The molecule has 1 fully saturated rings. The maximum atomic E-state index is 15.5. The number of halogens is 2. The van der Waals surface area contributed by atoms with Crippen LogP contribution in [0, 0.1) is 11.6 Å². The summed E-state index contributed by atoms with van der Waals surface area (Å²) in [5.74, 6) is -2.69. The van der Waals surface area contributed by atoms with Crippen molar-refractivity contribution in [3.63, 3.8) is 0 Å². The minimum Gasteiger partial charge on any atom is -0.493 e. The summed E-state index contributed by atoms with van der Waals surface area (Å²) in [5.41, 5.74) is 0.905. The largest absolute Gasteiger partial charge is 0.493 e. The number of hydrogen-bond acceptors (Lipinski definition) is 8. The number of aromatic nitrogens is 2. The molecule has 0 radical (unpaired) electrons. The molecule has 11 nitrogen and oxygen atoms in total. The van der Waals surface area contributed by atoms with Crippen molar-refractivity contribution in [2.24, 2.45) is 0 Å². The summed E-state index contributed by atoms with van der Waals surface area (Å²) in [4.78, 5) is 23.1. The third-order valence-corrected chi connectivity index (χ3v) is 9.63. The van der Waals surface area contributed by atoms with Gasteiger partial charge in [0.15, 0.2) is 28.8 Å². The zero-order valence-electron chi connectivity index (χ0n) is 24.4. The quantitative estimate of drug-likeness (QED) is 0.284. The lowest BCUT2D eigenvalue weighted by Crippen LogP contribution is -2.48. The summed E-state index contributed by atoms with van der Waals surface area (Å²) in [6, 6.07) is 10.2. The Balaban J connectivity index is 1.54. The van der Waals surface area contributed by atoms with E-state index in [0.29, 0.717) is 55.2 Å². The van der Waals surface area contributed by atoms with Gasteiger partial charge in [-0.3, -0.25) is 14.7 Å². The maximum absolute atomic E-state index is 15.5. The minimum absolute atomic E-state index is 0.0905. The second-order valence-electron chi connectivity index (χ2n) is 10.3. The molecule has 0 spiro atoms. The van der Waals surface area contributed by atoms with E-state index in [1.807, 2.05) is 0 Å². The standard InChI is InChI=1S/C30H31F2N5O6S/c1-4-35-27-19(17-36(30(35)38)28-25(31)23(41-2)15-24(42-3)26(28)32)16-33-29-22(27)14-20(18-34-10-12-43-13-11-34)37(29)44(39,40)21-8-6-5-7-9-21/h5-9,14-16H,4,10-13,17-18H2,1-3H3. The van der Waals surface area contributed by atoms with Crippen molar-refractivity contribution in [2.75, 3.05) is 56.9 Å². The molecule has 2 aromatic heterocycles. The van der Waals surface area contributed by atoms with E-state index in [9.17, 15) is 13.2 Å². The van der Waals surface area contributed by atoms with Gasteiger partial charge in [-0.05, 0) is 25.1 Å². The average molecular weight is 628 g/mol. The fraction of sp³-hybridized carbons (Fsp3) is 0.333. The Hall–Kier alpha value is -4.27. The van der Waals surface area contributed by atoms with E-state index in [0.717, 1.165) is 11.0 Å². The van der Waals surface area contributed by atoms with Crippen molar-refractivity contribution < 1.29 is 36.2 Å². The number of anilines is 2. The SMILES string of the molecule is CCN1C(=O)N(c2c(F)c(OC)cc(OC)c2F)Cc2cnc3c(cc(CN4CCOCC4)n3S(=O)(=O)c3ccccc3)c21. The summed E-state index contributed by atoms with van der Waals surface area (Å²) < 4.78 is 76.0. The highest BCUT2D eigenvalue weighted by Crippen LogP contribution is 2.43. The molecule has 2 aromatic carbocycles. The number of benzene rings is 2. The van der Waals surface area contributed by atoms with Crippen LogP contribution in [0.1, 0.15) is 18.2 Å². The first kappa shape index (κ1) is 29.8. The number of ether oxygens (including phenoxy) is 3. The Morgan fingerprint density at radius 3 is 2.25 bits per heavy atom. The van der Waals surface area contributed by atoms with Crippen LogP contribution < -0.4 is 19.3 Å². The fourth-order valence-electron chi connectivity index (χ4n) is 5.76. The van der Waals surface area contributed by atoms with Crippen LogP contribution in [0.5, 0.6) is 11.5 Å². The monoisotopic (exact) mass is 627 g/mol. The van der Waals surface area contributed by atoms with Gasteiger partial charge in [-0.2, -0.15) is 0 Å². The Bertz CT molecular complexity index is 1820. The van der Waals surface area contributed by atoms with Crippen molar-refractivity contribution in [2.45, 2.75) is 24.9 Å². The Labute approximate surface area is 253 Å². The number of carbonyl (C=O) groups excluding carboxylic acids is 1. The highest BCUT2D eigenvalue weighted by Gasteiger charge is 2.38. The molecule has 2 aliphatic heterocycles. The van der Waals surface area contributed by atoms with E-state index >= 15 is 8.78 Å². The maximum Gasteiger partial charge on any atom is 0.329 e. The zero-order chi connectivity index (χ0) is 31.2. The summed E-state index contributed by atoms with van der Waals surface area (Å²) in [5, 5.41) is 0.435. The third kappa shape index (κ3) is 4.82. The van der Waals surface area contributed by atoms with Crippen molar-refractivity contribution in [3.8, 4) is 11.5 Å². The van der Waals surface area contributed by atoms with Gasteiger partial charge in [0.1, 0.15) is 5.69 Å². The zero-order valence-corrected chi connectivity index (χ0v) is 25.2. The number of morpholine rings is 1. The van der Waals surface area contributed by atoms with E-state index in [-0.39, 0.29) is 35.1 Å². The molecule has 4 heterocycles. The molecule has 1 saturated heterocycles. The van der Waals surface area contributed by atoms with Gasteiger partial charge in [0.25, 0.3) is 10.0 Å². The van der Waals surface area contributed by atoms with Crippen molar-refractivity contribution in [1.82, 2.24) is 13.9 Å². The minimum atomic E-state index is -4.09. The summed E-state index contributed by atoms with van der Waals surface area (Å²) in [6.07, 6.45) is 1.45. The van der Waals surface area contributed by atoms with Gasteiger partial charge in [0.2, 0.25) is 0 Å². The summed E-state index contributed by atoms with van der Waals surface area (Å²) >= 11 is 0. The smallest absolute Gasteiger partial charge is 0.329 e. The lowest BCUT2D eigenvalue weighted by atomic mass is 10.1. The molecule has 0 aliphatic carbocycles. The van der Waals surface area contributed by atoms with Crippen molar-refractivity contribution in [1.29, 1.82) is 0 Å². The van der Waals surface area contributed by atoms with Crippen LogP contribution in [0.25, 0.3) is 11.0 Å². The molecule has 0 unspecified atom stereocenters. The first-order chi connectivity index (χ1) is 21.2. The van der Waals surface area contributed by atoms with Gasteiger partial charge >= 0.3 is 6.03 Å². The second-order valence-corrected chi connectivity index (χ2v) is 12.1. The average Bonchev–Trinajstić information content (AvgIpc) is 3.41. The van der Waals surface area contributed by atoms with Crippen molar-refractivity contribution in [3.05, 3.63) is 71.6 Å². The van der Waals surface area contributed by atoms with E-state index in [1.165, 1.54) is 41.4 Å². The molecule has 2 amide bonds. The number of rotatable bonds is 8. The predicted octanol–water partition coefficient (Wildman–Crippen LogP) is 4.37. The highest BCUT2D eigenvalue weighted by molar-refractivity contribution is 7.90. The van der Waals surface area contributed by atoms with E-state index < -0.39 is 33.4 Å². The van der Waals surface area contributed by atoms with Crippen LogP contribution in [0.2, 0.25) is 0 Å². The van der Waals surface area contributed by atoms with Crippen LogP contribution in [-0.2, 0) is 27.8 Å². The number of pyridine rings is 1.